The van der Waals surface area contributed by atoms with Crippen molar-refractivity contribution in [2.45, 2.75) is 40.5 Å². The SMILES string of the molecule is CCOC(=O)c1c(NC(=O)C[NH+]2CCC(C(=O)OCC)CC2)sc(C)c1C. The van der Waals surface area contributed by atoms with Gasteiger partial charge in [0.25, 0.3) is 5.91 Å². The van der Waals surface area contributed by atoms with Crippen LogP contribution in [0.5, 0.6) is 0 Å². The summed E-state index contributed by atoms with van der Waals surface area (Å²) >= 11 is 1.39. The molecule has 0 bridgehead atoms. The lowest BCUT2D eigenvalue weighted by Gasteiger charge is -2.27. The minimum atomic E-state index is -0.405. The number of carbonyl (C=O) groups is 3. The number of rotatable bonds is 7. The Hall–Kier alpha value is -1.93. The molecular formula is C19H29N2O5S+. The van der Waals surface area contributed by atoms with E-state index in [1.807, 2.05) is 13.8 Å². The highest BCUT2D eigenvalue weighted by Crippen LogP contribution is 2.32. The fourth-order valence-corrected chi connectivity index (χ4v) is 4.33. The average molecular weight is 398 g/mol. The maximum Gasteiger partial charge on any atom is 0.341 e. The summed E-state index contributed by atoms with van der Waals surface area (Å²) in [6, 6.07) is 0. The van der Waals surface area contributed by atoms with E-state index in [1.54, 1.807) is 13.8 Å². The van der Waals surface area contributed by atoms with Crippen molar-refractivity contribution >= 4 is 34.2 Å². The summed E-state index contributed by atoms with van der Waals surface area (Å²) in [6.07, 6.45) is 1.46. The monoisotopic (exact) mass is 397 g/mol. The Morgan fingerprint density at radius 1 is 1.11 bits per heavy atom. The summed E-state index contributed by atoms with van der Waals surface area (Å²) in [7, 11) is 0. The molecule has 1 aromatic heterocycles. The largest absolute Gasteiger partial charge is 0.466 e. The molecule has 0 aliphatic carbocycles. The first kappa shape index (κ1) is 21.4. The summed E-state index contributed by atoms with van der Waals surface area (Å²) in [5, 5.41) is 3.43. The lowest BCUT2D eigenvalue weighted by molar-refractivity contribution is -0.897. The number of hydrogen-bond donors (Lipinski definition) is 2. The molecule has 1 aliphatic heterocycles. The number of esters is 2. The number of anilines is 1. The van der Waals surface area contributed by atoms with Crippen LogP contribution in [0.1, 0.15) is 47.5 Å². The van der Waals surface area contributed by atoms with E-state index in [1.165, 1.54) is 11.3 Å². The Bertz CT molecular complexity index is 693. The fourth-order valence-electron chi connectivity index (χ4n) is 3.26. The topological polar surface area (TPSA) is 86.1 Å². The molecule has 0 unspecified atom stereocenters. The van der Waals surface area contributed by atoms with E-state index in [2.05, 4.69) is 5.32 Å². The highest BCUT2D eigenvalue weighted by molar-refractivity contribution is 7.16. The number of likely N-dealkylation sites (tertiary alicyclic amines) is 1. The zero-order valence-electron chi connectivity index (χ0n) is 16.5. The van der Waals surface area contributed by atoms with Gasteiger partial charge in [0.2, 0.25) is 0 Å². The summed E-state index contributed by atoms with van der Waals surface area (Å²) < 4.78 is 10.2. The zero-order valence-corrected chi connectivity index (χ0v) is 17.3. The third-order valence-corrected chi connectivity index (χ3v) is 5.96. The first-order chi connectivity index (χ1) is 12.9. The first-order valence-corrected chi connectivity index (χ1v) is 10.3. The van der Waals surface area contributed by atoms with Crippen LogP contribution in [0, 0.1) is 19.8 Å². The number of hydrogen-bond acceptors (Lipinski definition) is 6. The lowest BCUT2D eigenvalue weighted by Crippen LogP contribution is -3.14. The number of piperidine rings is 1. The van der Waals surface area contributed by atoms with Crippen LogP contribution in [0.25, 0.3) is 0 Å². The van der Waals surface area contributed by atoms with Gasteiger partial charge in [-0.15, -0.1) is 11.3 Å². The van der Waals surface area contributed by atoms with Crippen molar-refractivity contribution in [1.29, 1.82) is 0 Å². The Morgan fingerprint density at radius 2 is 1.74 bits per heavy atom. The van der Waals surface area contributed by atoms with Gasteiger partial charge in [0.15, 0.2) is 6.54 Å². The van der Waals surface area contributed by atoms with Gasteiger partial charge in [0, 0.05) is 17.7 Å². The van der Waals surface area contributed by atoms with Gasteiger partial charge in [-0.1, -0.05) is 0 Å². The molecule has 2 N–H and O–H groups in total. The van der Waals surface area contributed by atoms with E-state index in [-0.39, 0.29) is 17.8 Å². The summed E-state index contributed by atoms with van der Waals surface area (Å²) in [6.45, 7) is 9.86. The standard InChI is InChI=1S/C19H28N2O5S/c1-5-25-18(23)14-7-9-21(10-8-14)11-15(22)20-17-16(19(24)26-6-2)12(3)13(4)27-17/h14H,5-11H2,1-4H3,(H,20,22)/p+1. The highest BCUT2D eigenvalue weighted by Gasteiger charge is 2.30. The van der Waals surface area contributed by atoms with Gasteiger partial charge in [0.1, 0.15) is 5.00 Å². The molecule has 0 radical (unpaired) electrons. The molecule has 0 saturated carbocycles. The van der Waals surface area contributed by atoms with Gasteiger partial charge < -0.3 is 19.7 Å². The van der Waals surface area contributed by atoms with Crippen LogP contribution in [0.4, 0.5) is 5.00 Å². The molecule has 1 aromatic rings. The van der Waals surface area contributed by atoms with Crippen molar-refractivity contribution in [3.63, 3.8) is 0 Å². The molecule has 0 aromatic carbocycles. The van der Waals surface area contributed by atoms with E-state index >= 15 is 0 Å². The van der Waals surface area contributed by atoms with Crippen molar-refractivity contribution in [3.8, 4) is 0 Å². The van der Waals surface area contributed by atoms with Gasteiger partial charge in [-0.25, -0.2) is 4.79 Å². The molecule has 2 heterocycles. The summed E-state index contributed by atoms with van der Waals surface area (Å²) in [5.74, 6) is -0.733. The minimum Gasteiger partial charge on any atom is -0.466 e. The molecule has 1 fully saturated rings. The van der Waals surface area contributed by atoms with Gasteiger partial charge in [-0.05, 0) is 33.3 Å². The van der Waals surface area contributed by atoms with Crippen LogP contribution in [0.3, 0.4) is 0 Å². The molecule has 1 amide bonds. The Morgan fingerprint density at radius 3 is 2.33 bits per heavy atom. The number of thiophene rings is 1. The van der Waals surface area contributed by atoms with Gasteiger partial charge >= 0.3 is 11.9 Å². The second-order valence-corrected chi connectivity index (χ2v) is 7.93. The number of quaternary nitrogens is 1. The molecule has 8 heteroatoms. The van der Waals surface area contributed by atoms with Crippen molar-refractivity contribution in [1.82, 2.24) is 0 Å². The fraction of sp³-hybridized carbons (Fsp3) is 0.632. The van der Waals surface area contributed by atoms with Crippen molar-refractivity contribution in [2.24, 2.45) is 5.92 Å². The second kappa shape index (κ2) is 9.85. The third-order valence-electron chi connectivity index (χ3n) is 4.84. The summed E-state index contributed by atoms with van der Waals surface area (Å²) in [5.41, 5.74) is 1.29. The number of amides is 1. The average Bonchev–Trinajstić information content (AvgIpc) is 2.89. The van der Waals surface area contributed by atoms with Crippen LogP contribution in [-0.2, 0) is 19.1 Å². The Kier molecular flexibility index (Phi) is 7.79. The molecule has 1 aliphatic rings. The van der Waals surface area contributed by atoms with Gasteiger partial charge in [-0.3, -0.25) is 9.59 Å². The predicted octanol–water partition coefficient (Wildman–Crippen LogP) is 1.34. The van der Waals surface area contributed by atoms with E-state index in [0.29, 0.717) is 30.3 Å². The lowest BCUT2D eigenvalue weighted by atomic mass is 9.97. The molecule has 0 spiro atoms. The molecular weight excluding hydrogens is 368 g/mol. The number of ether oxygens (including phenoxy) is 2. The maximum absolute atomic E-state index is 12.5. The van der Waals surface area contributed by atoms with Gasteiger partial charge in [-0.2, -0.15) is 0 Å². The van der Waals surface area contributed by atoms with E-state index in [0.717, 1.165) is 41.3 Å². The summed E-state index contributed by atoms with van der Waals surface area (Å²) in [4.78, 5) is 38.6. The Balaban J connectivity index is 1.93. The third kappa shape index (κ3) is 5.52. The van der Waals surface area contributed by atoms with Crippen LogP contribution in [-0.4, -0.2) is 50.7 Å². The van der Waals surface area contributed by atoms with Crippen molar-refractivity contribution in [2.75, 3.05) is 38.2 Å². The maximum atomic E-state index is 12.5. The normalized spacial score (nSPS) is 19.4. The second-order valence-electron chi connectivity index (χ2n) is 6.71. The molecule has 1 saturated heterocycles. The van der Waals surface area contributed by atoms with E-state index in [4.69, 9.17) is 9.47 Å². The molecule has 0 atom stereocenters. The molecule has 27 heavy (non-hydrogen) atoms. The quantitative estimate of drug-likeness (QED) is 0.678. The van der Waals surface area contributed by atoms with Crippen LogP contribution >= 0.6 is 11.3 Å². The predicted molar refractivity (Wildman–Crippen MR) is 103 cm³/mol. The zero-order chi connectivity index (χ0) is 20.0. The molecule has 2 rings (SSSR count). The van der Waals surface area contributed by atoms with E-state index < -0.39 is 5.97 Å². The number of aryl methyl sites for hydroxylation is 1. The van der Waals surface area contributed by atoms with Crippen LogP contribution in [0.15, 0.2) is 0 Å². The van der Waals surface area contributed by atoms with E-state index in [9.17, 15) is 14.4 Å². The van der Waals surface area contributed by atoms with Crippen LogP contribution < -0.4 is 10.2 Å². The minimum absolute atomic E-state index is 0.0604. The Labute approximate surface area is 164 Å². The van der Waals surface area contributed by atoms with Crippen molar-refractivity contribution < 1.29 is 28.8 Å². The number of nitrogens with one attached hydrogen (secondary N) is 2. The van der Waals surface area contributed by atoms with Crippen LogP contribution in [0.2, 0.25) is 0 Å². The first-order valence-electron chi connectivity index (χ1n) is 9.44. The number of carbonyl (C=O) groups excluding carboxylic acids is 3. The van der Waals surface area contributed by atoms with Crippen molar-refractivity contribution in [3.05, 3.63) is 16.0 Å². The highest BCUT2D eigenvalue weighted by atomic mass is 32.1. The van der Waals surface area contributed by atoms with Gasteiger partial charge in [0.05, 0.1) is 37.8 Å². The molecule has 150 valence electrons. The molecule has 7 nitrogen and oxygen atoms in total. The smallest absolute Gasteiger partial charge is 0.341 e.